The fourth-order valence-corrected chi connectivity index (χ4v) is 2.47. The van der Waals surface area contributed by atoms with Crippen LogP contribution in [0, 0.1) is 11.3 Å². The maximum Gasteiger partial charge on any atom is 0.119 e. The molecule has 0 saturated carbocycles. The average Bonchev–Trinajstić information content (AvgIpc) is 2.88. The van der Waals surface area contributed by atoms with Gasteiger partial charge in [0.2, 0.25) is 0 Å². The summed E-state index contributed by atoms with van der Waals surface area (Å²) < 4.78 is 5.69. The Hall–Kier alpha value is -1.57. The van der Waals surface area contributed by atoms with Gasteiger partial charge in [-0.15, -0.1) is 0 Å². The molecular weight excluding hydrogens is 240 g/mol. The first-order valence-corrected chi connectivity index (χ1v) is 6.77. The van der Waals surface area contributed by atoms with Crippen molar-refractivity contribution in [3.63, 3.8) is 0 Å². The van der Waals surface area contributed by atoms with E-state index in [1.165, 1.54) is 0 Å². The molecule has 0 amide bonds. The molecule has 1 N–H and O–H groups in total. The van der Waals surface area contributed by atoms with E-state index < -0.39 is 0 Å². The van der Waals surface area contributed by atoms with E-state index in [1.807, 2.05) is 24.3 Å². The summed E-state index contributed by atoms with van der Waals surface area (Å²) in [6.07, 6.45) is 2.68. The molecule has 1 saturated heterocycles. The van der Waals surface area contributed by atoms with E-state index >= 15 is 0 Å². The zero-order valence-corrected chi connectivity index (χ0v) is 11.1. The van der Waals surface area contributed by atoms with Crippen LogP contribution in [0.2, 0.25) is 0 Å². The summed E-state index contributed by atoms with van der Waals surface area (Å²) in [5.41, 5.74) is 1.01. The fourth-order valence-electron chi connectivity index (χ4n) is 2.47. The van der Waals surface area contributed by atoms with Crippen molar-refractivity contribution in [2.24, 2.45) is 0 Å². The quantitative estimate of drug-likeness (QED) is 0.844. The van der Waals surface area contributed by atoms with Gasteiger partial charge in [0.05, 0.1) is 19.1 Å². The van der Waals surface area contributed by atoms with Gasteiger partial charge < -0.3 is 9.84 Å². The Morgan fingerprint density at radius 2 is 2.16 bits per heavy atom. The number of ether oxygens (including phenoxy) is 1. The first kappa shape index (κ1) is 13.9. The second-order valence-corrected chi connectivity index (χ2v) is 4.84. The lowest BCUT2D eigenvalue weighted by atomic mass is 10.2. The predicted octanol–water partition coefficient (Wildman–Crippen LogP) is 1.59. The molecule has 4 nitrogen and oxygen atoms in total. The van der Waals surface area contributed by atoms with Crippen molar-refractivity contribution in [2.75, 3.05) is 26.3 Å². The molecule has 1 fully saturated rings. The molecule has 1 atom stereocenters. The van der Waals surface area contributed by atoms with Crippen LogP contribution in [0.3, 0.4) is 0 Å². The third-order valence-electron chi connectivity index (χ3n) is 3.56. The Balaban J connectivity index is 1.75. The third kappa shape index (κ3) is 3.95. The summed E-state index contributed by atoms with van der Waals surface area (Å²) in [7, 11) is 0. The van der Waals surface area contributed by atoms with Crippen LogP contribution in [0.1, 0.15) is 18.4 Å². The van der Waals surface area contributed by atoms with Crippen molar-refractivity contribution < 1.29 is 9.84 Å². The van der Waals surface area contributed by atoms with E-state index in [0.717, 1.165) is 37.2 Å². The largest absolute Gasteiger partial charge is 0.492 e. The first-order valence-electron chi connectivity index (χ1n) is 6.77. The van der Waals surface area contributed by atoms with E-state index in [4.69, 9.17) is 10.00 Å². The van der Waals surface area contributed by atoms with Crippen LogP contribution in [0.15, 0.2) is 24.3 Å². The lowest BCUT2D eigenvalue weighted by molar-refractivity contribution is 0.139. The Labute approximate surface area is 114 Å². The predicted molar refractivity (Wildman–Crippen MR) is 72.9 cm³/mol. The van der Waals surface area contributed by atoms with E-state index in [1.54, 1.807) is 0 Å². The first-order chi connectivity index (χ1) is 9.33. The average molecular weight is 260 g/mol. The van der Waals surface area contributed by atoms with E-state index in [9.17, 15) is 5.11 Å². The zero-order chi connectivity index (χ0) is 13.5. The lowest BCUT2D eigenvalue weighted by Crippen LogP contribution is -2.35. The number of hydrogen-bond acceptors (Lipinski definition) is 4. The van der Waals surface area contributed by atoms with Crippen LogP contribution in [-0.4, -0.2) is 42.4 Å². The van der Waals surface area contributed by atoms with Gasteiger partial charge in [-0.1, -0.05) is 12.1 Å². The summed E-state index contributed by atoms with van der Waals surface area (Å²) in [5.74, 6) is 0.835. The van der Waals surface area contributed by atoms with Crippen molar-refractivity contribution in [1.82, 2.24) is 4.90 Å². The van der Waals surface area contributed by atoms with Gasteiger partial charge in [0.25, 0.3) is 0 Å². The number of likely N-dealkylation sites (tertiary alicyclic amines) is 1. The molecule has 1 aromatic carbocycles. The Bertz CT molecular complexity index is 425. The van der Waals surface area contributed by atoms with Gasteiger partial charge in [-0.2, -0.15) is 5.26 Å². The van der Waals surface area contributed by atoms with Gasteiger partial charge in [-0.25, -0.2) is 0 Å². The second kappa shape index (κ2) is 7.13. The van der Waals surface area contributed by atoms with Crippen LogP contribution in [0.5, 0.6) is 5.75 Å². The van der Waals surface area contributed by atoms with E-state index in [0.29, 0.717) is 19.1 Å². The van der Waals surface area contributed by atoms with Crippen LogP contribution in [0.25, 0.3) is 0 Å². The van der Waals surface area contributed by atoms with Gasteiger partial charge in [-0.05, 0) is 37.1 Å². The molecule has 1 aliphatic heterocycles. The molecular formula is C15H20N2O2. The van der Waals surface area contributed by atoms with Crippen molar-refractivity contribution in [2.45, 2.75) is 25.3 Å². The number of nitriles is 1. The molecule has 1 aliphatic rings. The summed E-state index contributed by atoms with van der Waals surface area (Å²) in [4.78, 5) is 2.28. The highest BCUT2D eigenvalue weighted by atomic mass is 16.5. The minimum Gasteiger partial charge on any atom is -0.492 e. The summed E-state index contributed by atoms with van der Waals surface area (Å²) >= 11 is 0. The maximum atomic E-state index is 9.23. The van der Waals surface area contributed by atoms with Crippen molar-refractivity contribution in [3.05, 3.63) is 29.8 Å². The molecule has 1 aromatic rings. The molecule has 0 bridgehead atoms. The third-order valence-corrected chi connectivity index (χ3v) is 3.56. The SMILES string of the molecule is N#CCc1ccc(OCCN2CCCC2CO)cc1. The number of aliphatic hydroxyl groups excluding tert-OH is 1. The topological polar surface area (TPSA) is 56.5 Å². The van der Waals surface area contributed by atoms with Crippen molar-refractivity contribution in [3.8, 4) is 11.8 Å². The standard InChI is InChI=1S/C15H20N2O2/c16-8-7-13-3-5-15(6-4-13)19-11-10-17-9-1-2-14(17)12-18/h3-6,14,18H,1-2,7,9-12H2. The molecule has 102 valence electrons. The van der Waals surface area contributed by atoms with Crippen LogP contribution in [0.4, 0.5) is 0 Å². The van der Waals surface area contributed by atoms with Crippen LogP contribution >= 0.6 is 0 Å². The molecule has 19 heavy (non-hydrogen) atoms. The zero-order valence-electron chi connectivity index (χ0n) is 11.1. The van der Waals surface area contributed by atoms with E-state index in [2.05, 4.69) is 11.0 Å². The van der Waals surface area contributed by atoms with Crippen LogP contribution < -0.4 is 4.74 Å². The molecule has 2 rings (SSSR count). The molecule has 0 aromatic heterocycles. The molecule has 0 radical (unpaired) electrons. The molecule has 4 heteroatoms. The summed E-state index contributed by atoms with van der Waals surface area (Å²) in [6, 6.07) is 10.1. The number of rotatable bonds is 6. The molecule has 1 unspecified atom stereocenters. The summed E-state index contributed by atoms with van der Waals surface area (Å²) in [6.45, 7) is 2.78. The number of hydrogen-bond donors (Lipinski definition) is 1. The smallest absolute Gasteiger partial charge is 0.119 e. The maximum absolute atomic E-state index is 9.23. The minimum atomic E-state index is 0.239. The monoisotopic (exact) mass is 260 g/mol. The Morgan fingerprint density at radius 3 is 2.84 bits per heavy atom. The number of benzene rings is 1. The number of nitrogens with zero attached hydrogens (tertiary/aromatic N) is 2. The highest BCUT2D eigenvalue weighted by molar-refractivity contribution is 5.28. The summed E-state index contributed by atoms with van der Waals surface area (Å²) in [5, 5.41) is 17.8. The normalized spacial score (nSPS) is 19.3. The highest BCUT2D eigenvalue weighted by Gasteiger charge is 2.22. The lowest BCUT2D eigenvalue weighted by Gasteiger charge is -2.22. The minimum absolute atomic E-state index is 0.239. The van der Waals surface area contributed by atoms with Gasteiger partial charge in [0, 0.05) is 12.6 Å². The molecule has 1 heterocycles. The van der Waals surface area contributed by atoms with Gasteiger partial charge >= 0.3 is 0 Å². The molecule has 0 aliphatic carbocycles. The molecule has 0 spiro atoms. The van der Waals surface area contributed by atoms with Crippen molar-refractivity contribution in [1.29, 1.82) is 5.26 Å². The highest BCUT2D eigenvalue weighted by Crippen LogP contribution is 2.17. The van der Waals surface area contributed by atoms with Gasteiger partial charge in [0.15, 0.2) is 0 Å². The van der Waals surface area contributed by atoms with E-state index in [-0.39, 0.29) is 6.61 Å². The number of aliphatic hydroxyl groups is 1. The van der Waals surface area contributed by atoms with Crippen LogP contribution in [-0.2, 0) is 6.42 Å². The van der Waals surface area contributed by atoms with Crippen molar-refractivity contribution >= 4 is 0 Å². The second-order valence-electron chi connectivity index (χ2n) is 4.84. The fraction of sp³-hybridized carbons (Fsp3) is 0.533. The van der Waals surface area contributed by atoms with Gasteiger partial charge in [0.1, 0.15) is 12.4 Å². The van der Waals surface area contributed by atoms with Gasteiger partial charge in [-0.3, -0.25) is 4.90 Å². The Morgan fingerprint density at radius 1 is 1.37 bits per heavy atom. The Kier molecular flexibility index (Phi) is 5.20.